The molecule has 0 spiro atoms. The van der Waals surface area contributed by atoms with Crippen molar-refractivity contribution in [2.75, 3.05) is 5.75 Å². The van der Waals surface area contributed by atoms with Gasteiger partial charge in [0.05, 0.1) is 4.88 Å². The lowest BCUT2D eigenvalue weighted by atomic mass is 10.1. The molecule has 17 heavy (non-hydrogen) atoms. The number of aromatic nitrogens is 1. The molecule has 86 valence electrons. The number of hydrogen-bond donors (Lipinski definition) is 0. The molecular formula is C13H11NOS2. The molecule has 2 aromatic heterocycles. The van der Waals surface area contributed by atoms with Crippen molar-refractivity contribution in [2.45, 2.75) is 12.2 Å². The smallest absolute Gasteiger partial charge is 0.204 e. The lowest BCUT2D eigenvalue weighted by Crippen LogP contribution is -1.98. The van der Waals surface area contributed by atoms with Crippen LogP contribution in [-0.2, 0) is 12.2 Å². The highest BCUT2D eigenvalue weighted by molar-refractivity contribution is 7.98. The topological polar surface area (TPSA) is 30.0 Å². The molecule has 1 aliphatic heterocycles. The van der Waals surface area contributed by atoms with Gasteiger partial charge in [-0.25, -0.2) is 0 Å². The van der Waals surface area contributed by atoms with Crippen molar-refractivity contribution >= 4 is 28.9 Å². The van der Waals surface area contributed by atoms with Crippen molar-refractivity contribution in [3.05, 3.63) is 51.5 Å². The van der Waals surface area contributed by atoms with E-state index in [9.17, 15) is 4.79 Å². The second kappa shape index (κ2) is 4.63. The maximum Gasteiger partial charge on any atom is 0.204 e. The summed E-state index contributed by atoms with van der Waals surface area (Å²) in [5.74, 6) is 2.32. The largest absolute Gasteiger partial charge is 0.288 e. The van der Waals surface area contributed by atoms with Crippen LogP contribution in [0.1, 0.15) is 25.7 Å². The van der Waals surface area contributed by atoms with Crippen molar-refractivity contribution in [1.29, 1.82) is 0 Å². The molecule has 3 heterocycles. The molecule has 0 atom stereocenters. The lowest BCUT2D eigenvalue weighted by Gasteiger charge is -2.08. The Morgan fingerprint density at radius 3 is 3.12 bits per heavy atom. The van der Waals surface area contributed by atoms with E-state index in [1.54, 1.807) is 29.8 Å². The van der Waals surface area contributed by atoms with Crippen LogP contribution in [-0.4, -0.2) is 16.5 Å². The number of thiophene rings is 1. The Morgan fingerprint density at radius 2 is 2.35 bits per heavy atom. The van der Waals surface area contributed by atoms with E-state index in [1.807, 2.05) is 17.8 Å². The molecule has 0 aliphatic carbocycles. The quantitative estimate of drug-likeness (QED) is 0.778. The van der Waals surface area contributed by atoms with E-state index >= 15 is 0 Å². The van der Waals surface area contributed by atoms with E-state index in [-0.39, 0.29) is 5.78 Å². The molecule has 4 heteroatoms. The molecule has 1 aliphatic rings. The zero-order chi connectivity index (χ0) is 11.7. The first-order chi connectivity index (χ1) is 8.34. The van der Waals surface area contributed by atoms with Crippen LogP contribution in [0.25, 0.3) is 0 Å². The molecule has 0 N–H and O–H groups in total. The van der Waals surface area contributed by atoms with Gasteiger partial charge in [0.25, 0.3) is 0 Å². The molecule has 0 amide bonds. The fourth-order valence-corrected chi connectivity index (χ4v) is 4.23. The summed E-state index contributed by atoms with van der Waals surface area (Å²) in [6.07, 6.45) is 4.42. The molecule has 0 fully saturated rings. The lowest BCUT2D eigenvalue weighted by molar-refractivity contribution is 0.104. The number of pyridine rings is 1. The van der Waals surface area contributed by atoms with E-state index in [2.05, 4.69) is 11.1 Å². The van der Waals surface area contributed by atoms with Gasteiger partial charge >= 0.3 is 0 Å². The molecule has 2 aromatic rings. The summed E-state index contributed by atoms with van der Waals surface area (Å²) in [6, 6.07) is 5.68. The van der Waals surface area contributed by atoms with Gasteiger partial charge in [0, 0.05) is 28.6 Å². The van der Waals surface area contributed by atoms with Gasteiger partial charge in [-0.2, -0.15) is 11.8 Å². The van der Waals surface area contributed by atoms with Gasteiger partial charge in [0.2, 0.25) is 5.78 Å². The van der Waals surface area contributed by atoms with Crippen LogP contribution >= 0.6 is 23.1 Å². The van der Waals surface area contributed by atoms with Crippen molar-refractivity contribution in [1.82, 2.24) is 4.98 Å². The highest BCUT2D eigenvalue weighted by Crippen LogP contribution is 2.32. The number of fused-ring (bicyclic) bond motifs is 1. The summed E-state index contributed by atoms with van der Waals surface area (Å²) in [7, 11) is 0. The normalized spacial score (nSPS) is 14.4. The summed E-state index contributed by atoms with van der Waals surface area (Å²) in [5.41, 5.74) is 2.03. The maximum absolute atomic E-state index is 12.2. The Kier molecular flexibility index (Phi) is 2.99. The highest BCUT2D eigenvalue weighted by atomic mass is 32.2. The minimum absolute atomic E-state index is 0.0995. The zero-order valence-electron chi connectivity index (χ0n) is 9.18. The Hall–Kier alpha value is -1.13. The van der Waals surface area contributed by atoms with Gasteiger partial charge in [-0.15, -0.1) is 11.3 Å². The van der Waals surface area contributed by atoms with Crippen LogP contribution in [0.3, 0.4) is 0 Å². The monoisotopic (exact) mass is 261 g/mol. The molecule has 3 rings (SSSR count). The molecule has 0 bridgehead atoms. The number of ketones is 1. The second-order valence-electron chi connectivity index (χ2n) is 3.93. The van der Waals surface area contributed by atoms with Crippen LogP contribution in [0.2, 0.25) is 0 Å². The molecule has 0 unspecified atom stereocenters. The number of carbonyl (C=O) groups is 1. The van der Waals surface area contributed by atoms with Gasteiger partial charge in [0.1, 0.15) is 0 Å². The van der Waals surface area contributed by atoms with Crippen LogP contribution in [0.15, 0.2) is 30.6 Å². The number of nitrogens with zero attached hydrogens (tertiary/aromatic N) is 1. The van der Waals surface area contributed by atoms with Crippen LogP contribution in [0.4, 0.5) is 0 Å². The number of rotatable bonds is 2. The maximum atomic E-state index is 12.2. The predicted molar refractivity (Wildman–Crippen MR) is 71.9 cm³/mol. The van der Waals surface area contributed by atoms with E-state index in [1.165, 1.54) is 16.2 Å². The van der Waals surface area contributed by atoms with Gasteiger partial charge in [-0.3, -0.25) is 9.78 Å². The molecule has 0 radical (unpaired) electrons. The fraction of sp³-hybridized carbons (Fsp3) is 0.231. The molecule has 2 nitrogen and oxygen atoms in total. The summed E-state index contributed by atoms with van der Waals surface area (Å²) in [4.78, 5) is 18.5. The van der Waals surface area contributed by atoms with Gasteiger partial charge in [0.15, 0.2) is 0 Å². The Labute approximate surface area is 108 Å². The Balaban J connectivity index is 1.94. The second-order valence-corrected chi connectivity index (χ2v) is 6.17. The van der Waals surface area contributed by atoms with Crippen molar-refractivity contribution < 1.29 is 4.79 Å². The zero-order valence-corrected chi connectivity index (χ0v) is 10.8. The highest BCUT2D eigenvalue weighted by Gasteiger charge is 2.18. The minimum Gasteiger partial charge on any atom is -0.288 e. The van der Waals surface area contributed by atoms with Crippen molar-refractivity contribution in [2.24, 2.45) is 0 Å². The fourth-order valence-electron chi connectivity index (χ4n) is 1.90. The van der Waals surface area contributed by atoms with Crippen LogP contribution < -0.4 is 0 Å². The first-order valence-electron chi connectivity index (χ1n) is 5.48. The predicted octanol–water partition coefficient (Wildman–Crippen LogP) is 3.16. The third-order valence-corrected chi connectivity index (χ3v) is 5.02. The SMILES string of the molecule is O=C(c1cccnc1)c1cc2c(s1)CCSC2. The summed E-state index contributed by atoms with van der Waals surface area (Å²) < 4.78 is 0. The summed E-state index contributed by atoms with van der Waals surface area (Å²) in [6.45, 7) is 0. The molecule has 0 aromatic carbocycles. The van der Waals surface area contributed by atoms with Gasteiger partial charge in [-0.05, 0) is 35.9 Å². The first kappa shape index (κ1) is 11.0. The van der Waals surface area contributed by atoms with E-state index < -0.39 is 0 Å². The molecule has 0 saturated carbocycles. The number of hydrogen-bond acceptors (Lipinski definition) is 4. The van der Waals surface area contributed by atoms with Crippen LogP contribution in [0.5, 0.6) is 0 Å². The first-order valence-corrected chi connectivity index (χ1v) is 7.46. The van der Waals surface area contributed by atoms with E-state index in [0.717, 1.165) is 17.1 Å². The molecular weight excluding hydrogens is 250 g/mol. The summed E-state index contributed by atoms with van der Waals surface area (Å²) >= 11 is 3.59. The number of thioether (sulfide) groups is 1. The van der Waals surface area contributed by atoms with Crippen molar-refractivity contribution in [3.63, 3.8) is 0 Å². The van der Waals surface area contributed by atoms with Gasteiger partial charge in [-0.1, -0.05) is 0 Å². The average Bonchev–Trinajstić information content (AvgIpc) is 2.82. The average molecular weight is 261 g/mol. The van der Waals surface area contributed by atoms with Crippen LogP contribution in [0, 0.1) is 0 Å². The Morgan fingerprint density at radius 1 is 1.41 bits per heavy atom. The molecule has 0 saturated heterocycles. The number of carbonyl (C=O) groups excluding carboxylic acids is 1. The van der Waals surface area contributed by atoms with Crippen molar-refractivity contribution in [3.8, 4) is 0 Å². The third kappa shape index (κ3) is 2.15. The number of aryl methyl sites for hydroxylation is 1. The van der Waals surface area contributed by atoms with Gasteiger partial charge < -0.3 is 0 Å². The van der Waals surface area contributed by atoms with E-state index in [4.69, 9.17) is 0 Å². The van der Waals surface area contributed by atoms with E-state index in [0.29, 0.717) is 5.56 Å². The Bertz CT molecular complexity index is 524. The standard InChI is InChI=1S/C13H11NOS2/c15-13(9-2-1-4-14-7-9)12-6-10-8-16-5-3-11(10)17-12/h1-2,4,6-7H,3,5,8H2. The summed E-state index contributed by atoms with van der Waals surface area (Å²) in [5, 5.41) is 0. The minimum atomic E-state index is 0.0995. The third-order valence-electron chi connectivity index (χ3n) is 2.78.